The third-order valence-electron chi connectivity index (χ3n) is 4.69. The number of rotatable bonds is 4. The molecule has 5 heteroatoms. The van der Waals surface area contributed by atoms with Crippen LogP contribution in [0.25, 0.3) is 11.3 Å². The van der Waals surface area contributed by atoms with Crippen LogP contribution in [0.1, 0.15) is 11.1 Å². The Morgan fingerprint density at radius 1 is 1.04 bits per heavy atom. The highest BCUT2D eigenvalue weighted by Crippen LogP contribution is 2.31. The van der Waals surface area contributed by atoms with Crippen molar-refractivity contribution in [2.24, 2.45) is 5.92 Å². The fourth-order valence-corrected chi connectivity index (χ4v) is 3.38. The highest BCUT2D eigenvalue weighted by atomic mass is 16.4. The highest BCUT2D eigenvalue weighted by Gasteiger charge is 2.30. The summed E-state index contributed by atoms with van der Waals surface area (Å²) in [5.41, 5.74) is 3.82. The molecule has 1 aliphatic rings. The Kier molecular flexibility index (Phi) is 4.35. The van der Waals surface area contributed by atoms with Gasteiger partial charge in [-0.3, -0.25) is 4.79 Å². The molecular formula is C21H19N3O2. The van der Waals surface area contributed by atoms with Gasteiger partial charge in [0.2, 0.25) is 0 Å². The molecule has 2 aromatic carbocycles. The van der Waals surface area contributed by atoms with E-state index in [1.54, 1.807) is 0 Å². The molecule has 0 amide bonds. The number of benzene rings is 2. The number of nitrogens with zero attached hydrogens (tertiary/aromatic N) is 3. The normalized spacial score (nSPS) is 16.2. The van der Waals surface area contributed by atoms with Crippen LogP contribution in [0.5, 0.6) is 0 Å². The average molecular weight is 345 g/mol. The van der Waals surface area contributed by atoms with Crippen LogP contribution >= 0.6 is 0 Å². The number of hydrogen-bond donors (Lipinski definition) is 1. The number of aromatic nitrogens is 2. The predicted octanol–water partition coefficient (Wildman–Crippen LogP) is 3.41. The predicted molar refractivity (Wildman–Crippen MR) is 99.8 cm³/mol. The number of hydrogen-bond acceptors (Lipinski definition) is 4. The lowest BCUT2D eigenvalue weighted by Crippen LogP contribution is -2.39. The van der Waals surface area contributed by atoms with Crippen LogP contribution in [0.2, 0.25) is 0 Å². The largest absolute Gasteiger partial charge is 0.481 e. The lowest BCUT2D eigenvalue weighted by atomic mass is 9.93. The molecule has 4 rings (SSSR count). The van der Waals surface area contributed by atoms with Crippen LogP contribution in [0, 0.1) is 5.92 Å². The Morgan fingerprint density at radius 3 is 2.42 bits per heavy atom. The first kappa shape index (κ1) is 16.3. The van der Waals surface area contributed by atoms with Crippen molar-refractivity contribution in [1.29, 1.82) is 0 Å². The SMILES string of the molecule is O=C(O)C1Cc2cc(-c3ccccc3)nnc2N(Cc2ccccc2)C1. The van der Waals surface area contributed by atoms with Gasteiger partial charge in [0.15, 0.2) is 5.82 Å². The minimum absolute atomic E-state index is 0.441. The summed E-state index contributed by atoms with van der Waals surface area (Å²) in [6.45, 7) is 1.06. The Labute approximate surface area is 151 Å². The second-order valence-corrected chi connectivity index (χ2v) is 6.55. The van der Waals surface area contributed by atoms with Gasteiger partial charge in [-0.1, -0.05) is 60.7 Å². The summed E-state index contributed by atoms with van der Waals surface area (Å²) in [7, 11) is 0. The van der Waals surface area contributed by atoms with Gasteiger partial charge in [0.05, 0.1) is 11.6 Å². The van der Waals surface area contributed by atoms with Crippen molar-refractivity contribution in [2.45, 2.75) is 13.0 Å². The van der Waals surface area contributed by atoms with Gasteiger partial charge in [0.25, 0.3) is 0 Å². The number of aliphatic carboxylic acids is 1. The lowest BCUT2D eigenvalue weighted by molar-refractivity contribution is -0.141. The van der Waals surface area contributed by atoms with Crippen LogP contribution in [0.4, 0.5) is 5.82 Å². The van der Waals surface area contributed by atoms with Crippen molar-refractivity contribution in [2.75, 3.05) is 11.4 Å². The van der Waals surface area contributed by atoms with Crippen LogP contribution in [-0.2, 0) is 17.8 Å². The van der Waals surface area contributed by atoms with E-state index in [0.29, 0.717) is 19.5 Å². The maximum Gasteiger partial charge on any atom is 0.308 e. The summed E-state index contributed by atoms with van der Waals surface area (Å²) < 4.78 is 0. The molecule has 2 heterocycles. The minimum Gasteiger partial charge on any atom is -0.481 e. The van der Waals surface area contributed by atoms with Gasteiger partial charge in [-0.15, -0.1) is 10.2 Å². The van der Waals surface area contributed by atoms with Gasteiger partial charge in [0, 0.05) is 18.7 Å². The second kappa shape index (κ2) is 6.96. The number of carboxylic acids is 1. The fraction of sp³-hybridized carbons (Fsp3) is 0.190. The number of carboxylic acid groups (broad SMARTS) is 1. The molecule has 0 saturated heterocycles. The number of fused-ring (bicyclic) bond motifs is 1. The van der Waals surface area contributed by atoms with Crippen molar-refractivity contribution in [1.82, 2.24) is 10.2 Å². The summed E-state index contributed by atoms with van der Waals surface area (Å²) in [5, 5.41) is 18.4. The van der Waals surface area contributed by atoms with Crippen LogP contribution in [-0.4, -0.2) is 27.8 Å². The summed E-state index contributed by atoms with van der Waals surface area (Å²) in [6, 6.07) is 21.8. The minimum atomic E-state index is -0.771. The highest BCUT2D eigenvalue weighted by molar-refractivity contribution is 5.74. The zero-order chi connectivity index (χ0) is 17.9. The topological polar surface area (TPSA) is 66.3 Å². The first-order valence-corrected chi connectivity index (χ1v) is 8.64. The Bertz CT molecular complexity index is 913. The van der Waals surface area contributed by atoms with Gasteiger partial charge in [0.1, 0.15) is 0 Å². The van der Waals surface area contributed by atoms with Crippen molar-refractivity contribution in [3.05, 3.63) is 77.9 Å². The second-order valence-electron chi connectivity index (χ2n) is 6.55. The van der Waals surface area contributed by atoms with Crippen molar-refractivity contribution >= 4 is 11.8 Å². The zero-order valence-electron chi connectivity index (χ0n) is 14.2. The Morgan fingerprint density at radius 2 is 1.73 bits per heavy atom. The molecule has 0 bridgehead atoms. The molecular weight excluding hydrogens is 326 g/mol. The third-order valence-corrected chi connectivity index (χ3v) is 4.69. The summed E-state index contributed by atoms with van der Waals surface area (Å²) in [4.78, 5) is 13.7. The molecule has 26 heavy (non-hydrogen) atoms. The molecule has 1 aromatic heterocycles. The molecule has 0 saturated carbocycles. The lowest BCUT2D eigenvalue weighted by Gasteiger charge is -2.33. The monoisotopic (exact) mass is 345 g/mol. The molecule has 0 aliphatic carbocycles. The van der Waals surface area contributed by atoms with Gasteiger partial charge in [-0.25, -0.2) is 0 Å². The van der Waals surface area contributed by atoms with Crippen LogP contribution in [0.3, 0.4) is 0 Å². The molecule has 3 aromatic rings. The van der Waals surface area contributed by atoms with E-state index in [2.05, 4.69) is 10.2 Å². The quantitative estimate of drug-likeness (QED) is 0.785. The fourth-order valence-electron chi connectivity index (χ4n) is 3.38. The van der Waals surface area contributed by atoms with Gasteiger partial charge < -0.3 is 10.0 Å². The van der Waals surface area contributed by atoms with Crippen molar-refractivity contribution in [3.63, 3.8) is 0 Å². The molecule has 1 unspecified atom stereocenters. The van der Waals surface area contributed by atoms with Gasteiger partial charge in [-0.2, -0.15) is 0 Å². The van der Waals surface area contributed by atoms with E-state index in [9.17, 15) is 9.90 Å². The maximum absolute atomic E-state index is 11.7. The summed E-state index contributed by atoms with van der Waals surface area (Å²) in [6.07, 6.45) is 0.477. The summed E-state index contributed by atoms with van der Waals surface area (Å²) >= 11 is 0. The third kappa shape index (κ3) is 3.28. The molecule has 1 atom stereocenters. The van der Waals surface area contributed by atoms with E-state index < -0.39 is 11.9 Å². The van der Waals surface area contributed by atoms with Gasteiger partial charge in [-0.05, 0) is 23.6 Å². The Hall–Kier alpha value is -3.21. The standard InChI is InChI=1S/C21H19N3O2/c25-21(26)18-11-17-12-19(16-9-5-2-6-10-16)22-23-20(17)24(14-18)13-15-7-3-1-4-8-15/h1-10,12,18H,11,13-14H2,(H,25,26). The first-order chi connectivity index (χ1) is 12.7. The smallest absolute Gasteiger partial charge is 0.308 e. The van der Waals surface area contributed by atoms with E-state index in [1.807, 2.05) is 71.6 Å². The first-order valence-electron chi connectivity index (χ1n) is 8.64. The average Bonchev–Trinajstić information content (AvgIpc) is 2.69. The molecule has 1 N–H and O–H groups in total. The molecule has 0 radical (unpaired) electrons. The van der Waals surface area contributed by atoms with Crippen molar-refractivity contribution < 1.29 is 9.90 Å². The van der Waals surface area contributed by atoms with E-state index in [0.717, 1.165) is 28.2 Å². The van der Waals surface area contributed by atoms with Gasteiger partial charge >= 0.3 is 5.97 Å². The maximum atomic E-state index is 11.7. The summed E-state index contributed by atoms with van der Waals surface area (Å²) in [5.74, 6) is -0.433. The Balaban J connectivity index is 1.71. The van der Waals surface area contributed by atoms with Crippen LogP contribution in [0.15, 0.2) is 66.7 Å². The number of carbonyl (C=O) groups is 1. The van der Waals surface area contributed by atoms with E-state index in [-0.39, 0.29) is 0 Å². The number of anilines is 1. The zero-order valence-corrected chi connectivity index (χ0v) is 14.2. The molecule has 130 valence electrons. The molecule has 0 fully saturated rings. The molecule has 5 nitrogen and oxygen atoms in total. The molecule has 0 spiro atoms. The molecule has 1 aliphatic heterocycles. The van der Waals surface area contributed by atoms with E-state index >= 15 is 0 Å². The van der Waals surface area contributed by atoms with Crippen LogP contribution < -0.4 is 4.90 Å². The van der Waals surface area contributed by atoms with E-state index in [1.165, 1.54) is 0 Å². The van der Waals surface area contributed by atoms with Crippen molar-refractivity contribution in [3.8, 4) is 11.3 Å². The van der Waals surface area contributed by atoms with E-state index in [4.69, 9.17) is 0 Å².